The zero-order valence-electron chi connectivity index (χ0n) is 23.5. The molecule has 1 spiro atoms. The number of fused-ring (bicyclic) bond motifs is 3. The largest absolute Gasteiger partial charge is 0.326 e. The van der Waals surface area contributed by atoms with Gasteiger partial charge in [-0.2, -0.15) is 0 Å². The number of piperidine rings is 1. The molecule has 0 atom stereocenters. The van der Waals surface area contributed by atoms with Crippen LogP contribution in [0.4, 0.5) is 5.69 Å². The number of hydrogen-bond acceptors (Lipinski definition) is 5. The lowest BCUT2D eigenvalue weighted by Gasteiger charge is -2.46. The van der Waals surface area contributed by atoms with Crippen LogP contribution in [0.3, 0.4) is 0 Å². The van der Waals surface area contributed by atoms with Crippen molar-refractivity contribution in [2.45, 2.75) is 83.3 Å². The smallest absolute Gasteiger partial charge is 0.238 e. The highest BCUT2D eigenvalue weighted by Gasteiger charge is 2.55. The van der Waals surface area contributed by atoms with Gasteiger partial charge in [0.05, 0.1) is 23.0 Å². The molecule has 3 fully saturated rings. The minimum atomic E-state index is -0.412. The number of halogens is 1. The molecule has 2 aromatic heterocycles. The number of amides is 1. The molecule has 0 radical (unpaired) electrons. The molecule has 4 aliphatic rings. The van der Waals surface area contributed by atoms with E-state index in [1.54, 1.807) is 0 Å². The average Bonchev–Trinajstić information content (AvgIpc) is 3.54. The summed E-state index contributed by atoms with van der Waals surface area (Å²) in [6, 6.07) is 9.63. The van der Waals surface area contributed by atoms with Gasteiger partial charge < -0.3 is 14.8 Å². The molecule has 5 heterocycles. The minimum Gasteiger partial charge on any atom is -0.326 e. The number of benzene rings is 1. The van der Waals surface area contributed by atoms with Crippen LogP contribution in [-0.2, 0) is 10.2 Å². The Hall–Kier alpha value is -2.48. The van der Waals surface area contributed by atoms with E-state index in [9.17, 15) is 4.79 Å². The molecule has 8 heteroatoms. The summed E-state index contributed by atoms with van der Waals surface area (Å²) in [4.78, 5) is 28.5. The standard InChI is InChI=1S/C31H39ClN6O/c1-19(2)37-18-34-25-16-24(35-28(32)27(25)37)20-5-6-23-26(13-20)38(29(39)31(23)7-10-33-11-8-31)22-14-21(15-22)36-12-9-30(3,4)17-36/h5-6,13,16,18-19,21-22,33H,7-12,14-15,17H2,1-4H3/t21-,22+. The van der Waals surface area contributed by atoms with Gasteiger partial charge in [0.15, 0.2) is 5.15 Å². The van der Waals surface area contributed by atoms with Crippen LogP contribution in [0.25, 0.3) is 22.3 Å². The summed E-state index contributed by atoms with van der Waals surface area (Å²) in [7, 11) is 0. The number of nitrogens with one attached hydrogen (secondary N) is 1. The summed E-state index contributed by atoms with van der Waals surface area (Å²) in [5.41, 5.74) is 5.76. The van der Waals surface area contributed by atoms with Gasteiger partial charge in [-0.05, 0) is 88.7 Å². The first-order chi connectivity index (χ1) is 18.7. The molecule has 2 saturated heterocycles. The van der Waals surface area contributed by atoms with Crippen LogP contribution in [0.15, 0.2) is 30.6 Å². The molecule has 0 unspecified atom stereocenters. The Kier molecular flexibility index (Phi) is 5.89. The Bertz CT molecular complexity index is 1450. The lowest BCUT2D eigenvalue weighted by atomic mass is 9.74. The van der Waals surface area contributed by atoms with Crippen LogP contribution < -0.4 is 10.2 Å². The summed E-state index contributed by atoms with van der Waals surface area (Å²) < 4.78 is 2.06. The van der Waals surface area contributed by atoms with Gasteiger partial charge in [-0.3, -0.25) is 9.69 Å². The van der Waals surface area contributed by atoms with Crippen molar-refractivity contribution in [2.24, 2.45) is 5.41 Å². The van der Waals surface area contributed by atoms with E-state index in [4.69, 9.17) is 16.6 Å². The third-order valence-electron chi connectivity index (χ3n) is 9.90. The van der Waals surface area contributed by atoms with Crippen LogP contribution in [-0.4, -0.2) is 63.6 Å². The van der Waals surface area contributed by atoms with Crippen LogP contribution in [0.5, 0.6) is 0 Å². The fraction of sp³-hybridized carbons (Fsp3) is 0.581. The maximum atomic E-state index is 14.3. The molecule has 1 aromatic carbocycles. The Morgan fingerprint density at radius 1 is 1.08 bits per heavy atom. The van der Waals surface area contributed by atoms with Gasteiger partial charge >= 0.3 is 0 Å². The zero-order chi connectivity index (χ0) is 27.1. The lowest BCUT2D eigenvalue weighted by molar-refractivity contribution is -0.125. The van der Waals surface area contributed by atoms with E-state index in [1.165, 1.54) is 18.5 Å². The summed E-state index contributed by atoms with van der Waals surface area (Å²) in [5, 5.41) is 3.94. The molecule has 39 heavy (non-hydrogen) atoms. The molecule has 1 aliphatic carbocycles. The van der Waals surface area contributed by atoms with Crippen molar-refractivity contribution in [1.82, 2.24) is 24.8 Å². The monoisotopic (exact) mass is 546 g/mol. The highest BCUT2D eigenvalue weighted by atomic mass is 35.5. The van der Waals surface area contributed by atoms with Gasteiger partial charge in [-0.15, -0.1) is 0 Å². The molecule has 206 valence electrons. The Balaban J connectivity index is 1.25. The first kappa shape index (κ1) is 25.5. The predicted molar refractivity (Wildman–Crippen MR) is 156 cm³/mol. The van der Waals surface area contributed by atoms with Crippen LogP contribution in [0, 0.1) is 5.41 Å². The number of anilines is 1. The van der Waals surface area contributed by atoms with Crippen molar-refractivity contribution < 1.29 is 4.79 Å². The molecule has 1 amide bonds. The summed E-state index contributed by atoms with van der Waals surface area (Å²) >= 11 is 6.72. The van der Waals surface area contributed by atoms with Crippen LogP contribution >= 0.6 is 11.6 Å². The Morgan fingerprint density at radius 3 is 2.54 bits per heavy atom. The van der Waals surface area contributed by atoms with Crippen LogP contribution in [0.2, 0.25) is 5.15 Å². The van der Waals surface area contributed by atoms with Gasteiger partial charge in [0.1, 0.15) is 5.52 Å². The highest BCUT2D eigenvalue weighted by Crippen LogP contribution is 2.51. The van der Waals surface area contributed by atoms with Crippen molar-refractivity contribution in [3.05, 3.63) is 41.3 Å². The summed E-state index contributed by atoms with van der Waals surface area (Å²) in [5.74, 6) is 0.304. The SMILES string of the molecule is CC(C)n1cnc2cc(-c3ccc4c(c3)N([C@H]3C[C@@H](N5CCC(C)(C)C5)C3)C(=O)C43CCNCC3)nc(Cl)c21. The number of aromatic nitrogens is 3. The van der Waals surface area contributed by atoms with Crippen molar-refractivity contribution in [3.63, 3.8) is 0 Å². The number of nitrogens with zero attached hydrogens (tertiary/aromatic N) is 5. The van der Waals surface area contributed by atoms with Crippen LogP contribution in [0.1, 0.15) is 71.4 Å². The number of carbonyl (C=O) groups is 1. The second-order valence-electron chi connectivity index (χ2n) is 13.3. The Labute approximate surface area is 235 Å². The molecule has 3 aliphatic heterocycles. The van der Waals surface area contributed by atoms with Gasteiger partial charge in [0.25, 0.3) is 0 Å². The molecular weight excluding hydrogens is 508 g/mol. The van der Waals surface area contributed by atoms with E-state index in [1.807, 2.05) is 12.4 Å². The molecule has 7 nitrogen and oxygen atoms in total. The lowest BCUT2D eigenvalue weighted by Crippen LogP contribution is -2.57. The average molecular weight is 547 g/mol. The van der Waals surface area contributed by atoms with Crippen molar-refractivity contribution in [2.75, 3.05) is 31.1 Å². The number of likely N-dealkylation sites (tertiary alicyclic amines) is 1. The van der Waals surface area contributed by atoms with Crippen molar-refractivity contribution in [3.8, 4) is 11.3 Å². The normalized spacial score (nSPS) is 26.1. The molecular formula is C31H39ClN6O. The first-order valence-corrected chi connectivity index (χ1v) is 15.0. The first-order valence-electron chi connectivity index (χ1n) is 14.6. The van der Waals surface area contributed by atoms with Gasteiger partial charge in [-0.25, -0.2) is 9.97 Å². The molecule has 1 N–H and O–H groups in total. The fourth-order valence-corrected chi connectivity index (χ4v) is 7.82. The Morgan fingerprint density at radius 2 is 1.85 bits per heavy atom. The second kappa shape index (κ2) is 9.02. The number of rotatable bonds is 4. The summed E-state index contributed by atoms with van der Waals surface area (Å²) in [6.07, 6.45) is 6.92. The quantitative estimate of drug-likeness (QED) is 0.434. The number of pyridine rings is 1. The molecule has 3 aromatic rings. The molecule has 0 bridgehead atoms. The third kappa shape index (κ3) is 3.95. The van der Waals surface area contributed by atoms with Crippen molar-refractivity contribution in [1.29, 1.82) is 0 Å². The minimum absolute atomic E-state index is 0.249. The maximum absolute atomic E-state index is 14.3. The van der Waals surface area contributed by atoms with E-state index < -0.39 is 5.41 Å². The number of carbonyl (C=O) groups excluding carboxylic acids is 1. The molecule has 7 rings (SSSR count). The number of hydrogen-bond donors (Lipinski definition) is 1. The summed E-state index contributed by atoms with van der Waals surface area (Å²) in [6.45, 7) is 13.1. The van der Waals surface area contributed by atoms with E-state index in [0.29, 0.717) is 22.5 Å². The maximum Gasteiger partial charge on any atom is 0.238 e. The van der Waals surface area contributed by atoms with E-state index in [2.05, 4.69) is 70.6 Å². The van der Waals surface area contributed by atoms with Gasteiger partial charge in [0.2, 0.25) is 5.91 Å². The van der Waals surface area contributed by atoms with E-state index in [-0.39, 0.29) is 12.1 Å². The third-order valence-corrected chi connectivity index (χ3v) is 10.2. The predicted octanol–water partition coefficient (Wildman–Crippen LogP) is 5.56. The van der Waals surface area contributed by atoms with E-state index >= 15 is 0 Å². The molecule has 1 saturated carbocycles. The van der Waals surface area contributed by atoms with Crippen molar-refractivity contribution >= 4 is 34.2 Å². The zero-order valence-corrected chi connectivity index (χ0v) is 24.3. The van der Waals surface area contributed by atoms with Gasteiger partial charge in [-0.1, -0.05) is 37.6 Å². The number of imidazole rings is 1. The highest BCUT2D eigenvalue weighted by molar-refractivity contribution is 6.34. The topological polar surface area (TPSA) is 66.3 Å². The van der Waals surface area contributed by atoms with Gasteiger partial charge in [0, 0.05) is 35.9 Å². The fourth-order valence-electron chi connectivity index (χ4n) is 7.54. The van der Waals surface area contributed by atoms with E-state index in [0.717, 1.165) is 73.3 Å². The second-order valence-corrected chi connectivity index (χ2v) is 13.7.